The number of amides is 1. The molecule has 1 aliphatic rings. The zero-order valence-electron chi connectivity index (χ0n) is 18.9. The van der Waals surface area contributed by atoms with Gasteiger partial charge in [0.05, 0.1) is 4.88 Å². The number of carboxylic acid groups (broad SMARTS) is 1. The second kappa shape index (κ2) is 11.7. The van der Waals surface area contributed by atoms with Gasteiger partial charge in [-0.2, -0.15) is 0 Å². The number of fused-ring (bicyclic) bond motifs is 1. The molecule has 0 bridgehead atoms. The molecule has 1 saturated carbocycles. The normalized spacial score (nSPS) is 19.9. The standard InChI is InChI=1S/C24H35N3O4S/c1-15(2)9-20(24(29)30)26-14-17-5-3-16(4-6-17)12-25-13-18-7-8-19-11-22(23(28)27-31)32-21(19)10-18/h7-8,10-11,15-17,20,25-26,31H,3-6,9,12-14H2,1-2H3,(H,27,28)(H,29,30). The minimum absolute atomic E-state index is 0.369. The second-order valence-corrected chi connectivity index (χ2v) is 10.5. The van der Waals surface area contributed by atoms with Crippen LogP contribution in [-0.2, 0) is 11.3 Å². The van der Waals surface area contributed by atoms with Gasteiger partial charge >= 0.3 is 5.97 Å². The van der Waals surface area contributed by atoms with Crippen molar-refractivity contribution in [1.82, 2.24) is 16.1 Å². The van der Waals surface area contributed by atoms with Crippen LogP contribution in [0.15, 0.2) is 24.3 Å². The number of benzene rings is 1. The Kier molecular flexibility index (Phi) is 9.04. The molecule has 8 heteroatoms. The smallest absolute Gasteiger partial charge is 0.320 e. The second-order valence-electron chi connectivity index (χ2n) is 9.37. The van der Waals surface area contributed by atoms with Crippen LogP contribution in [0.4, 0.5) is 0 Å². The molecule has 2 aromatic rings. The van der Waals surface area contributed by atoms with Crippen LogP contribution in [0.1, 0.15) is 61.2 Å². The summed E-state index contributed by atoms with van der Waals surface area (Å²) in [6.07, 6.45) is 5.30. The Morgan fingerprint density at radius 2 is 1.78 bits per heavy atom. The van der Waals surface area contributed by atoms with Crippen LogP contribution in [0, 0.1) is 17.8 Å². The molecular formula is C24H35N3O4S. The van der Waals surface area contributed by atoms with Gasteiger partial charge in [-0.15, -0.1) is 11.3 Å². The fourth-order valence-corrected chi connectivity index (χ4v) is 5.48. The van der Waals surface area contributed by atoms with E-state index in [-0.39, 0.29) is 0 Å². The van der Waals surface area contributed by atoms with Gasteiger partial charge in [0.2, 0.25) is 0 Å². The summed E-state index contributed by atoms with van der Waals surface area (Å²) in [5.74, 6) is 0.364. The van der Waals surface area contributed by atoms with Crippen molar-refractivity contribution in [3.8, 4) is 0 Å². The molecule has 5 N–H and O–H groups in total. The number of rotatable bonds is 11. The summed E-state index contributed by atoms with van der Waals surface area (Å²) in [7, 11) is 0. The van der Waals surface area contributed by atoms with E-state index in [0.717, 1.165) is 42.6 Å². The van der Waals surface area contributed by atoms with E-state index in [1.807, 2.05) is 6.07 Å². The van der Waals surface area contributed by atoms with Crippen molar-refractivity contribution in [2.24, 2.45) is 17.8 Å². The summed E-state index contributed by atoms with van der Waals surface area (Å²) < 4.78 is 1.04. The van der Waals surface area contributed by atoms with Crippen LogP contribution in [0.5, 0.6) is 0 Å². The molecule has 1 amide bonds. The molecule has 1 atom stereocenters. The summed E-state index contributed by atoms with van der Waals surface area (Å²) >= 11 is 1.37. The minimum atomic E-state index is -0.745. The fraction of sp³-hybridized carbons (Fsp3) is 0.583. The summed E-state index contributed by atoms with van der Waals surface area (Å²) in [6, 6.07) is 7.53. The van der Waals surface area contributed by atoms with Gasteiger partial charge in [-0.05, 0) is 86.0 Å². The molecule has 0 radical (unpaired) electrons. The molecule has 1 aliphatic carbocycles. The predicted octanol–water partition coefficient (Wildman–Crippen LogP) is 4.01. The average Bonchev–Trinajstić information content (AvgIpc) is 3.20. The quantitative estimate of drug-likeness (QED) is 0.255. The van der Waals surface area contributed by atoms with E-state index in [9.17, 15) is 14.7 Å². The van der Waals surface area contributed by atoms with Gasteiger partial charge in [-0.3, -0.25) is 14.8 Å². The van der Waals surface area contributed by atoms with Crippen LogP contribution in [-0.4, -0.2) is 41.3 Å². The zero-order chi connectivity index (χ0) is 23.1. The highest BCUT2D eigenvalue weighted by Crippen LogP contribution is 2.29. The van der Waals surface area contributed by atoms with E-state index < -0.39 is 17.9 Å². The van der Waals surface area contributed by atoms with Gasteiger partial charge in [0.15, 0.2) is 0 Å². The number of aliphatic carboxylic acids is 1. The van der Waals surface area contributed by atoms with Gasteiger partial charge in [-0.1, -0.05) is 26.0 Å². The highest BCUT2D eigenvalue weighted by Gasteiger charge is 2.24. The Morgan fingerprint density at radius 1 is 1.09 bits per heavy atom. The largest absolute Gasteiger partial charge is 0.480 e. The van der Waals surface area contributed by atoms with Gasteiger partial charge in [0.1, 0.15) is 6.04 Å². The number of nitrogens with one attached hydrogen (secondary N) is 3. The van der Waals surface area contributed by atoms with Gasteiger partial charge in [0.25, 0.3) is 5.91 Å². The molecule has 1 unspecified atom stereocenters. The summed E-state index contributed by atoms with van der Waals surface area (Å²) in [4.78, 5) is 23.5. The van der Waals surface area contributed by atoms with Crippen molar-refractivity contribution in [3.05, 3.63) is 34.7 Å². The molecule has 7 nitrogen and oxygen atoms in total. The lowest BCUT2D eigenvalue weighted by atomic mass is 9.81. The molecule has 176 valence electrons. The fourth-order valence-electron chi connectivity index (χ4n) is 4.46. The Morgan fingerprint density at radius 3 is 2.41 bits per heavy atom. The Bertz CT molecular complexity index is 906. The van der Waals surface area contributed by atoms with Crippen LogP contribution >= 0.6 is 11.3 Å². The van der Waals surface area contributed by atoms with E-state index >= 15 is 0 Å². The third-order valence-electron chi connectivity index (χ3n) is 6.30. The van der Waals surface area contributed by atoms with E-state index in [2.05, 4.69) is 36.6 Å². The first-order chi connectivity index (χ1) is 15.4. The van der Waals surface area contributed by atoms with Crippen molar-refractivity contribution < 1.29 is 19.9 Å². The molecule has 0 spiro atoms. The van der Waals surface area contributed by atoms with Crippen molar-refractivity contribution in [2.75, 3.05) is 13.1 Å². The number of carbonyl (C=O) groups is 2. The first-order valence-corrected chi connectivity index (χ1v) is 12.3. The van der Waals surface area contributed by atoms with Crippen LogP contribution in [0.2, 0.25) is 0 Å². The lowest BCUT2D eigenvalue weighted by molar-refractivity contribution is -0.140. The van der Waals surface area contributed by atoms with E-state index in [0.29, 0.717) is 29.1 Å². The molecule has 0 aliphatic heterocycles. The maximum Gasteiger partial charge on any atom is 0.320 e. The number of hydroxylamine groups is 1. The minimum Gasteiger partial charge on any atom is -0.480 e. The molecule has 0 saturated heterocycles. The monoisotopic (exact) mass is 461 g/mol. The zero-order valence-corrected chi connectivity index (χ0v) is 19.7. The van der Waals surface area contributed by atoms with E-state index in [1.54, 1.807) is 11.5 Å². The van der Waals surface area contributed by atoms with E-state index in [4.69, 9.17) is 5.21 Å². The van der Waals surface area contributed by atoms with Crippen LogP contribution in [0.25, 0.3) is 10.1 Å². The Hall–Kier alpha value is -2.00. The SMILES string of the molecule is CC(C)CC(NCC1CCC(CNCc2ccc3cc(C(=O)NO)sc3c2)CC1)C(=O)O. The molecule has 1 fully saturated rings. The number of hydrogen-bond acceptors (Lipinski definition) is 6. The van der Waals surface area contributed by atoms with Gasteiger partial charge < -0.3 is 15.7 Å². The number of carboxylic acids is 1. The van der Waals surface area contributed by atoms with Crippen molar-refractivity contribution >= 4 is 33.3 Å². The maximum atomic E-state index is 11.6. The van der Waals surface area contributed by atoms with E-state index in [1.165, 1.54) is 29.7 Å². The topological polar surface area (TPSA) is 111 Å². The average molecular weight is 462 g/mol. The molecule has 3 rings (SSSR count). The molecule has 1 aromatic carbocycles. The highest BCUT2D eigenvalue weighted by molar-refractivity contribution is 7.20. The maximum absolute atomic E-state index is 11.6. The lowest BCUT2D eigenvalue weighted by Crippen LogP contribution is -2.41. The third kappa shape index (κ3) is 7.00. The molecule has 1 aromatic heterocycles. The summed E-state index contributed by atoms with van der Waals surface area (Å²) in [5.41, 5.74) is 2.86. The summed E-state index contributed by atoms with van der Waals surface area (Å²) in [6.45, 7) is 6.67. The summed E-state index contributed by atoms with van der Waals surface area (Å²) in [5, 5.41) is 26.0. The predicted molar refractivity (Wildman–Crippen MR) is 127 cm³/mol. The number of hydrogen-bond donors (Lipinski definition) is 5. The molecular weight excluding hydrogens is 426 g/mol. The third-order valence-corrected chi connectivity index (χ3v) is 7.39. The number of thiophene rings is 1. The van der Waals surface area contributed by atoms with Crippen molar-refractivity contribution in [2.45, 2.75) is 58.5 Å². The van der Waals surface area contributed by atoms with Gasteiger partial charge in [-0.25, -0.2) is 5.48 Å². The van der Waals surface area contributed by atoms with Crippen LogP contribution in [0.3, 0.4) is 0 Å². The first-order valence-electron chi connectivity index (χ1n) is 11.5. The van der Waals surface area contributed by atoms with Crippen LogP contribution < -0.4 is 16.1 Å². The molecule has 32 heavy (non-hydrogen) atoms. The van der Waals surface area contributed by atoms with Gasteiger partial charge in [0, 0.05) is 11.2 Å². The van der Waals surface area contributed by atoms with Crippen molar-refractivity contribution in [1.29, 1.82) is 0 Å². The highest BCUT2D eigenvalue weighted by atomic mass is 32.1. The molecule has 1 heterocycles. The first kappa shape index (κ1) is 24.6. The van der Waals surface area contributed by atoms with Crippen molar-refractivity contribution in [3.63, 3.8) is 0 Å². The number of carbonyl (C=O) groups excluding carboxylic acids is 1. The Labute approximate surface area is 193 Å². The Balaban J connectivity index is 1.39. The lowest BCUT2D eigenvalue weighted by Gasteiger charge is -2.30.